The van der Waals surface area contributed by atoms with Gasteiger partial charge in [0.25, 0.3) is 0 Å². The van der Waals surface area contributed by atoms with E-state index in [1.54, 1.807) is 54.6 Å². The van der Waals surface area contributed by atoms with E-state index in [0.29, 0.717) is 28.6 Å². The summed E-state index contributed by atoms with van der Waals surface area (Å²) in [6.45, 7) is 0.140. The summed E-state index contributed by atoms with van der Waals surface area (Å²) in [7, 11) is 0. The monoisotopic (exact) mass is 399 g/mol. The average molecular weight is 399 g/mol. The van der Waals surface area contributed by atoms with Gasteiger partial charge >= 0.3 is 5.97 Å². The summed E-state index contributed by atoms with van der Waals surface area (Å²) in [6.07, 6.45) is 1.31. The molecule has 2 N–H and O–H groups in total. The minimum Gasteiger partial charge on any atom is -0.476 e. The summed E-state index contributed by atoms with van der Waals surface area (Å²) in [6, 6.07) is 17.3. The number of fused-ring (bicyclic) bond motifs is 1. The third-order valence-electron chi connectivity index (χ3n) is 4.33. The third-order valence-corrected chi connectivity index (χ3v) is 4.33. The van der Waals surface area contributed by atoms with Crippen molar-refractivity contribution in [2.75, 3.05) is 12.1 Å². The molecule has 0 amide bonds. The van der Waals surface area contributed by atoms with Gasteiger partial charge in [-0.1, -0.05) is 0 Å². The normalized spacial score (nSPS) is 11.3. The lowest BCUT2D eigenvalue weighted by atomic mass is 10.1. The molecule has 3 aromatic rings. The van der Waals surface area contributed by atoms with Crippen LogP contribution in [0.5, 0.6) is 11.5 Å². The van der Waals surface area contributed by atoms with Gasteiger partial charge in [-0.25, -0.2) is 9.48 Å². The Morgan fingerprint density at radius 1 is 1.10 bits per heavy atom. The molecule has 146 valence electrons. The lowest BCUT2D eigenvalue weighted by Crippen LogP contribution is -2.02. The number of nitrogens with zero attached hydrogens (tertiary/aromatic N) is 4. The van der Waals surface area contributed by atoms with Crippen LogP contribution in [0.4, 0.5) is 5.69 Å². The third kappa shape index (κ3) is 3.51. The van der Waals surface area contributed by atoms with E-state index in [0.717, 1.165) is 5.56 Å². The number of hydrogen-bond acceptors (Lipinski definition) is 7. The highest BCUT2D eigenvalue weighted by Gasteiger charge is 2.19. The van der Waals surface area contributed by atoms with E-state index in [1.165, 1.54) is 16.9 Å². The van der Waals surface area contributed by atoms with Gasteiger partial charge in [-0.2, -0.15) is 15.6 Å². The maximum Gasteiger partial charge on any atom is 0.356 e. The van der Waals surface area contributed by atoms with Crippen molar-refractivity contribution >= 4 is 11.7 Å². The topological polar surface area (TPSA) is 133 Å². The van der Waals surface area contributed by atoms with Gasteiger partial charge in [0.2, 0.25) is 6.79 Å². The molecule has 30 heavy (non-hydrogen) atoms. The Hall–Kier alpha value is -4.76. The zero-order valence-electron chi connectivity index (χ0n) is 15.4. The Bertz CT molecular complexity index is 1230. The molecule has 1 aliphatic rings. The minimum atomic E-state index is -1.14. The zero-order chi connectivity index (χ0) is 21.1. The summed E-state index contributed by atoms with van der Waals surface area (Å²) in [5.74, 6) is 0.0646. The maximum atomic E-state index is 11.5. The number of hydrogen-bond donors (Lipinski definition) is 2. The molecule has 0 spiro atoms. The first-order valence-electron chi connectivity index (χ1n) is 8.70. The molecule has 0 bridgehead atoms. The predicted molar refractivity (Wildman–Crippen MR) is 105 cm³/mol. The molecule has 0 saturated heterocycles. The number of anilines is 1. The maximum absolute atomic E-state index is 11.5. The van der Waals surface area contributed by atoms with E-state index >= 15 is 0 Å². The van der Waals surface area contributed by atoms with E-state index in [9.17, 15) is 9.90 Å². The predicted octanol–water partition coefficient (Wildman–Crippen LogP) is 3.31. The van der Waals surface area contributed by atoms with Gasteiger partial charge in [-0.3, -0.25) is 0 Å². The molecule has 0 fully saturated rings. The highest BCUT2D eigenvalue weighted by atomic mass is 16.7. The molecule has 0 unspecified atom stereocenters. The smallest absolute Gasteiger partial charge is 0.356 e. The quantitative estimate of drug-likeness (QED) is 0.624. The molecule has 2 aromatic carbocycles. The Labute approximate surface area is 170 Å². The molecule has 9 heteroatoms. The van der Waals surface area contributed by atoms with Gasteiger partial charge in [0.05, 0.1) is 11.4 Å². The molecule has 0 radical (unpaired) electrons. The highest BCUT2D eigenvalue weighted by Crippen LogP contribution is 2.36. The number of ether oxygens (including phenoxy) is 2. The molecule has 0 saturated carbocycles. The molecule has 2 heterocycles. The zero-order valence-corrected chi connectivity index (χ0v) is 15.4. The number of rotatable bonds is 5. The van der Waals surface area contributed by atoms with Gasteiger partial charge in [-0.05, 0) is 48.5 Å². The van der Waals surface area contributed by atoms with Crippen LogP contribution in [-0.2, 0) is 0 Å². The molecule has 1 aliphatic heterocycles. The Morgan fingerprint density at radius 2 is 1.83 bits per heavy atom. The first-order chi connectivity index (χ1) is 14.6. The number of aromatic nitrogens is 2. The van der Waals surface area contributed by atoms with Crippen LogP contribution in [0.2, 0.25) is 0 Å². The summed E-state index contributed by atoms with van der Waals surface area (Å²) < 4.78 is 12.3. The van der Waals surface area contributed by atoms with Gasteiger partial charge < -0.3 is 19.9 Å². The second-order valence-electron chi connectivity index (χ2n) is 6.17. The molecule has 9 nitrogen and oxygen atoms in total. The van der Waals surface area contributed by atoms with E-state index in [1.807, 2.05) is 0 Å². The number of nitrogens with one attached hydrogen (secondary N) is 1. The largest absolute Gasteiger partial charge is 0.476 e. The number of carbonyl (C=O) groups is 1. The first-order valence-corrected chi connectivity index (χ1v) is 8.70. The van der Waals surface area contributed by atoms with Crippen molar-refractivity contribution < 1.29 is 19.4 Å². The minimum absolute atomic E-state index is 0.0534. The van der Waals surface area contributed by atoms with Crippen LogP contribution >= 0.6 is 0 Å². The number of benzene rings is 2. The molecular formula is C21H13N5O4. The van der Waals surface area contributed by atoms with Gasteiger partial charge in [-0.15, -0.1) is 0 Å². The molecule has 0 atom stereocenters. The summed E-state index contributed by atoms with van der Waals surface area (Å²) in [5, 5.41) is 34.0. The Balaban J connectivity index is 1.70. The first kappa shape index (κ1) is 18.6. The molecular weight excluding hydrogens is 386 g/mol. The standard InChI is InChI=1S/C21H13N5O4/c22-9-13(10-23)11-24-15-2-4-16(5-3-15)26-18(8-17(25-26)21(27)28)14-1-6-19-20(7-14)30-12-29-19/h1-8,11,24H,12H2,(H,27,28). The Kier molecular flexibility index (Phi) is 4.77. The lowest BCUT2D eigenvalue weighted by molar-refractivity contribution is 0.0690. The van der Waals surface area contributed by atoms with Crippen molar-refractivity contribution in [1.82, 2.24) is 9.78 Å². The van der Waals surface area contributed by atoms with Crippen LogP contribution in [0, 0.1) is 22.7 Å². The van der Waals surface area contributed by atoms with Crippen LogP contribution in [0.25, 0.3) is 16.9 Å². The van der Waals surface area contributed by atoms with Crippen molar-refractivity contribution in [3.63, 3.8) is 0 Å². The number of allylic oxidation sites excluding steroid dienone is 1. The fourth-order valence-electron chi connectivity index (χ4n) is 2.89. The molecule has 0 aliphatic carbocycles. The van der Waals surface area contributed by atoms with Gasteiger partial charge in [0, 0.05) is 17.5 Å². The molecule has 1 aromatic heterocycles. The average Bonchev–Trinajstić information content (AvgIpc) is 3.41. The lowest BCUT2D eigenvalue weighted by Gasteiger charge is -2.09. The van der Waals surface area contributed by atoms with Crippen molar-refractivity contribution in [2.24, 2.45) is 0 Å². The molecule has 4 rings (SSSR count). The van der Waals surface area contributed by atoms with Crippen molar-refractivity contribution in [3.8, 4) is 40.6 Å². The number of aromatic carboxylic acids is 1. The van der Waals surface area contributed by atoms with Crippen LogP contribution in [0.15, 0.2) is 60.3 Å². The van der Waals surface area contributed by atoms with E-state index in [4.69, 9.17) is 20.0 Å². The van der Waals surface area contributed by atoms with Gasteiger partial charge in [0.1, 0.15) is 17.7 Å². The van der Waals surface area contributed by atoms with Crippen molar-refractivity contribution in [3.05, 3.63) is 66.0 Å². The van der Waals surface area contributed by atoms with Crippen LogP contribution in [0.1, 0.15) is 10.5 Å². The second-order valence-corrected chi connectivity index (χ2v) is 6.17. The van der Waals surface area contributed by atoms with Crippen LogP contribution in [0.3, 0.4) is 0 Å². The van der Waals surface area contributed by atoms with Crippen molar-refractivity contribution in [2.45, 2.75) is 0 Å². The van der Waals surface area contributed by atoms with E-state index in [-0.39, 0.29) is 18.1 Å². The van der Waals surface area contributed by atoms with Crippen LogP contribution in [-0.4, -0.2) is 27.6 Å². The number of nitriles is 2. The van der Waals surface area contributed by atoms with E-state index in [2.05, 4.69) is 10.4 Å². The fourth-order valence-corrected chi connectivity index (χ4v) is 2.89. The van der Waals surface area contributed by atoms with E-state index < -0.39 is 5.97 Å². The van der Waals surface area contributed by atoms with Crippen LogP contribution < -0.4 is 14.8 Å². The second kappa shape index (κ2) is 7.70. The van der Waals surface area contributed by atoms with Gasteiger partial charge in [0.15, 0.2) is 17.2 Å². The number of carboxylic acids is 1. The number of carboxylic acid groups (broad SMARTS) is 1. The summed E-state index contributed by atoms with van der Waals surface area (Å²) in [4.78, 5) is 11.5. The summed E-state index contributed by atoms with van der Waals surface area (Å²) in [5.41, 5.74) is 2.42. The van der Waals surface area contributed by atoms with Crippen molar-refractivity contribution in [1.29, 1.82) is 10.5 Å². The Morgan fingerprint density at radius 3 is 2.53 bits per heavy atom. The fraction of sp³-hybridized carbons (Fsp3) is 0.0476. The summed E-state index contributed by atoms with van der Waals surface area (Å²) >= 11 is 0. The highest BCUT2D eigenvalue weighted by molar-refractivity contribution is 5.87. The SMILES string of the molecule is N#CC(C#N)=CNc1ccc(-n2nc(C(=O)O)cc2-c2ccc3c(c2)OCO3)cc1.